The number of rotatable bonds is 5. The number of amides is 2. The molecule has 1 saturated heterocycles. The molecule has 1 aliphatic heterocycles. The van der Waals surface area contributed by atoms with Gasteiger partial charge >= 0.3 is 12.2 Å². The molecule has 38 heavy (non-hydrogen) atoms. The summed E-state index contributed by atoms with van der Waals surface area (Å²) >= 11 is 0. The van der Waals surface area contributed by atoms with Gasteiger partial charge in [0.1, 0.15) is 17.5 Å². The number of pyridine rings is 3. The third-order valence-corrected chi connectivity index (χ3v) is 7.02. The van der Waals surface area contributed by atoms with E-state index in [0.717, 1.165) is 31.9 Å². The number of anilines is 4. The van der Waals surface area contributed by atoms with E-state index < -0.39 is 23.9 Å². The molecule has 0 radical (unpaired) electrons. The predicted molar refractivity (Wildman–Crippen MR) is 136 cm³/mol. The number of nitrogens with zero attached hydrogens (tertiary/aromatic N) is 5. The Hall–Kier alpha value is -3.96. The van der Waals surface area contributed by atoms with Crippen molar-refractivity contribution < 1.29 is 22.4 Å². The molecule has 3 aromatic heterocycles. The van der Waals surface area contributed by atoms with Crippen molar-refractivity contribution in [1.82, 2.24) is 15.0 Å². The molecule has 1 atom stereocenters. The average molecular weight is 530 g/mol. The Morgan fingerprint density at radius 2 is 1.87 bits per heavy atom. The maximum absolute atomic E-state index is 13.4. The van der Waals surface area contributed by atoms with Gasteiger partial charge < -0.3 is 10.6 Å². The van der Waals surface area contributed by atoms with Crippen LogP contribution in [0.3, 0.4) is 0 Å². The predicted octanol–water partition coefficient (Wildman–Crippen LogP) is 5.63. The molecular weight excluding hydrogens is 502 g/mol. The normalized spacial score (nSPS) is 18.1. The lowest BCUT2D eigenvalue weighted by Gasteiger charge is -2.29. The van der Waals surface area contributed by atoms with Crippen LogP contribution in [0.15, 0.2) is 48.8 Å². The van der Waals surface area contributed by atoms with Crippen LogP contribution >= 0.6 is 0 Å². The molecule has 12 heteroatoms. The summed E-state index contributed by atoms with van der Waals surface area (Å²) in [6, 6.07) is 8.71. The molecule has 0 spiro atoms. The van der Waals surface area contributed by atoms with Gasteiger partial charge in [-0.1, -0.05) is 12.8 Å². The molecule has 8 nitrogen and oxygen atoms in total. The van der Waals surface area contributed by atoms with Crippen molar-refractivity contribution in [1.29, 1.82) is 0 Å². The van der Waals surface area contributed by atoms with Crippen LogP contribution in [0.4, 0.5) is 45.5 Å². The molecule has 1 aliphatic carbocycles. The van der Waals surface area contributed by atoms with Crippen molar-refractivity contribution in [2.24, 2.45) is 5.92 Å². The van der Waals surface area contributed by atoms with E-state index in [9.17, 15) is 22.4 Å². The first-order chi connectivity index (χ1) is 18.2. The second kappa shape index (κ2) is 10.4. The van der Waals surface area contributed by atoms with E-state index in [4.69, 9.17) is 10.7 Å². The largest absolute Gasteiger partial charge is 0.396 e. The highest BCUT2D eigenvalue weighted by atomic mass is 19.4. The first-order valence-corrected chi connectivity index (χ1v) is 12.5. The van der Waals surface area contributed by atoms with Crippen LogP contribution in [0.25, 0.3) is 11.3 Å². The molecule has 3 N–H and O–H groups in total. The summed E-state index contributed by atoms with van der Waals surface area (Å²) in [6.45, 7) is 0.113. The number of nitrogen functional groups attached to an aromatic ring is 1. The monoisotopic (exact) mass is 529 g/mol. The standard InChI is InChI=1S/C26H27F4N7O/c27-18-5-8-22(33-14-18)35-25(38)37(19-3-1-2-4-19)24-20(31)6-7-21(34-24)16-9-11-32-23(13-16)36-12-10-17(15-36)26(28,29)30/h5-9,11,13-14,17,19H,1-4,10,12,15,31H2,(H,33,35,38). The fourth-order valence-electron chi connectivity index (χ4n) is 5.02. The van der Waals surface area contributed by atoms with Crippen LogP contribution in [0.2, 0.25) is 0 Å². The first kappa shape index (κ1) is 25.7. The van der Waals surface area contributed by atoms with E-state index in [0.29, 0.717) is 22.8 Å². The van der Waals surface area contributed by atoms with E-state index in [-0.39, 0.29) is 37.2 Å². The summed E-state index contributed by atoms with van der Waals surface area (Å²) in [6.07, 6.45) is 1.76. The molecule has 2 amide bonds. The number of nitrogens with two attached hydrogens (primary N) is 1. The van der Waals surface area contributed by atoms with E-state index in [2.05, 4.69) is 15.3 Å². The minimum absolute atomic E-state index is 0.0219. The number of carbonyl (C=O) groups excluding carboxylic acids is 1. The highest BCUT2D eigenvalue weighted by molar-refractivity contribution is 6.03. The summed E-state index contributed by atoms with van der Waals surface area (Å²) in [5, 5.41) is 2.70. The zero-order valence-corrected chi connectivity index (χ0v) is 20.5. The van der Waals surface area contributed by atoms with Gasteiger partial charge in [0.25, 0.3) is 0 Å². The summed E-state index contributed by atoms with van der Waals surface area (Å²) in [5.41, 5.74) is 7.73. The van der Waals surface area contributed by atoms with Gasteiger partial charge in [-0.3, -0.25) is 10.2 Å². The van der Waals surface area contributed by atoms with Crippen LogP contribution in [-0.4, -0.2) is 46.3 Å². The van der Waals surface area contributed by atoms with Crippen molar-refractivity contribution in [3.63, 3.8) is 0 Å². The molecule has 5 rings (SSSR count). The highest BCUT2D eigenvalue weighted by Crippen LogP contribution is 2.37. The Labute approximate surface area is 216 Å². The third kappa shape index (κ3) is 5.48. The van der Waals surface area contributed by atoms with Gasteiger partial charge in [0.15, 0.2) is 5.82 Å². The Kier molecular flexibility index (Phi) is 7.04. The van der Waals surface area contributed by atoms with Crippen LogP contribution in [0.5, 0.6) is 0 Å². The smallest absolute Gasteiger partial charge is 0.393 e. The van der Waals surface area contributed by atoms with Crippen molar-refractivity contribution >= 4 is 29.2 Å². The molecule has 200 valence electrons. The molecule has 1 saturated carbocycles. The van der Waals surface area contributed by atoms with Crippen LogP contribution in [-0.2, 0) is 0 Å². The number of hydrogen-bond acceptors (Lipinski definition) is 6. The zero-order chi connectivity index (χ0) is 26.9. The van der Waals surface area contributed by atoms with Crippen molar-refractivity contribution in [2.75, 3.05) is 33.9 Å². The lowest BCUT2D eigenvalue weighted by atomic mass is 10.1. The van der Waals surface area contributed by atoms with E-state index >= 15 is 0 Å². The number of halogens is 4. The van der Waals surface area contributed by atoms with Gasteiger partial charge in [0.2, 0.25) is 0 Å². The second-order valence-electron chi connectivity index (χ2n) is 9.59. The number of carbonyl (C=O) groups is 1. The molecule has 0 bridgehead atoms. The SMILES string of the molecule is Nc1ccc(-c2ccnc(N3CCC(C(F)(F)F)C3)c2)nc1N(C(=O)Nc1ccc(F)cn1)C1CCCC1. The maximum atomic E-state index is 13.4. The summed E-state index contributed by atoms with van der Waals surface area (Å²) in [4.78, 5) is 29.5. The van der Waals surface area contributed by atoms with Crippen LogP contribution in [0, 0.1) is 11.7 Å². The van der Waals surface area contributed by atoms with Crippen LogP contribution < -0.4 is 20.9 Å². The minimum atomic E-state index is -4.24. The fraction of sp³-hybridized carbons (Fsp3) is 0.385. The van der Waals surface area contributed by atoms with Crippen molar-refractivity contribution in [3.8, 4) is 11.3 Å². The Morgan fingerprint density at radius 1 is 1.08 bits per heavy atom. The number of aromatic nitrogens is 3. The summed E-state index contributed by atoms with van der Waals surface area (Å²) in [5.74, 6) is -1.01. The molecule has 0 aromatic carbocycles. The Balaban J connectivity index is 1.44. The van der Waals surface area contributed by atoms with Crippen molar-refractivity contribution in [3.05, 3.63) is 54.6 Å². The lowest BCUT2D eigenvalue weighted by molar-refractivity contribution is -0.168. The van der Waals surface area contributed by atoms with Crippen molar-refractivity contribution in [2.45, 2.75) is 44.3 Å². The number of hydrogen-bond donors (Lipinski definition) is 2. The van der Waals surface area contributed by atoms with E-state index in [1.165, 1.54) is 23.2 Å². The lowest BCUT2D eigenvalue weighted by Crippen LogP contribution is -2.43. The third-order valence-electron chi connectivity index (χ3n) is 7.02. The topological polar surface area (TPSA) is 100 Å². The number of nitrogens with one attached hydrogen (secondary N) is 1. The Morgan fingerprint density at radius 3 is 2.55 bits per heavy atom. The van der Waals surface area contributed by atoms with Gasteiger partial charge in [0.05, 0.1) is 23.5 Å². The average Bonchev–Trinajstić information content (AvgIpc) is 3.60. The van der Waals surface area contributed by atoms with E-state index in [1.54, 1.807) is 29.2 Å². The molecule has 4 heterocycles. The van der Waals surface area contributed by atoms with Gasteiger partial charge in [-0.05, 0) is 55.7 Å². The van der Waals surface area contributed by atoms with Gasteiger partial charge in [-0.2, -0.15) is 13.2 Å². The molecule has 1 unspecified atom stereocenters. The van der Waals surface area contributed by atoms with E-state index in [1.807, 2.05) is 0 Å². The highest BCUT2D eigenvalue weighted by Gasteiger charge is 2.43. The van der Waals surface area contributed by atoms with Gasteiger partial charge in [-0.25, -0.2) is 24.1 Å². The van der Waals surface area contributed by atoms with Crippen LogP contribution in [0.1, 0.15) is 32.1 Å². The first-order valence-electron chi connectivity index (χ1n) is 12.5. The minimum Gasteiger partial charge on any atom is -0.396 e. The fourth-order valence-corrected chi connectivity index (χ4v) is 5.02. The second-order valence-corrected chi connectivity index (χ2v) is 9.59. The molecule has 3 aromatic rings. The summed E-state index contributed by atoms with van der Waals surface area (Å²) < 4.78 is 52.8. The summed E-state index contributed by atoms with van der Waals surface area (Å²) in [7, 11) is 0. The molecule has 2 aliphatic rings. The molecular formula is C26H27F4N7O. The number of urea groups is 1. The number of alkyl halides is 3. The molecule has 2 fully saturated rings. The zero-order valence-electron chi connectivity index (χ0n) is 20.5. The maximum Gasteiger partial charge on any atom is 0.393 e. The Bertz CT molecular complexity index is 1300. The quantitative estimate of drug-likeness (QED) is 0.416. The van der Waals surface area contributed by atoms with Gasteiger partial charge in [0, 0.05) is 30.9 Å². The van der Waals surface area contributed by atoms with Gasteiger partial charge in [-0.15, -0.1) is 0 Å².